The van der Waals surface area contributed by atoms with Gasteiger partial charge in [0.2, 0.25) is 0 Å². The van der Waals surface area contributed by atoms with E-state index in [2.05, 4.69) is 4.98 Å². The Kier molecular flexibility index (Phi) is 2.36. The molecule has 14 heavy (non-hydrogen) atoms. The van der Waals surface area contributed by atoms with Crippen molar-refractivity contribution in [1.29, 1.82) is 0 Å². The van der Waals surface area contributed by atoms with Crippen molar-refractivity contribution in [2.75, 3.05) is 0 Å². The molecular weight excluding hydrogens is 289 g/mol. The first-order valence-corrected chi connectivity index (χ1v) is 7.13. The molecule has 2 rings (SSSR count). The van der Waals surface area contributed by atoms with Crippen LogP contribution in [0.4, 0.5) is 0 Å². The Morgan fingerprint density at radius 1 is 1.43 bits per heavy atom. The van der Waals surface area contributed by atoms with Crippen LogP contribution < -0.4 is 0 Å². The Bertz CT molecular complexity index is 640. The molecule has 0 amide bonds. The van der Waals surface area contributed by atoms with Crippen LogP contribution in [0.3, 0.4) is 0 Å². The molecule has 2 N–H and O–H groups in total. The van der Waals surface area contributed by atoms with Crippen molar-refractivity contribution in [1.82, 2.24) is 4.98 Å². The summed E-state index contributed by atoms with van der Waals surface area (Å²) in [5, 5.41) is 0. The summed E-state index contributed by atoms with van der Waals surface area (Å²) in [7, 11) is -4.12. The van der Waals surface area contributed by atoms with Gasteiger partial charge in [0, 0.05) is 0 Å². The molecular formula is C7H5NO3S2Se. The molecule has 7 heteroatoms. The molecule has 0 aliphatic carbocycles. The minimum absolute atomic E-state index is 0.0718. The molecule has 0 saturated heterocycles. The summed E-state index contributed by atoms with van der Waals surface area (Å²) >= 11 is 5.04. The molecule has 0 fully saturated rings. The molecule has 0 saturated carbocycles. The van der Waals surface area contributed by atoms with Gasteiger partial charge in [0.05, 0.1) is 0 Å². The molecule has 0 unspecified atom stereocenters. The van der Waals surface area contributed by atoms with Gasteiger partial charge in [-0.3, -0.25) is 0 Å². The second-order valence-electron chi connectivity index (χ2n) is 2.65. The molecule has 1 heterocycles. The van der Waals surface area contributed by atoms with Crippen molar-refractivity contribution in [2.45, 2.75) is 4.90 Å². The third-order valence-corrected chi connectivity index (χ3v) is 4.88. The van der Waals surface area contributed by atoms with Crippen LogP contribution >= 0.6 is 12.2 Å². The van der Waals surface area contributed by atoms with E-state index in [1.54, 1.807) is 6.07 Å². The Morgan fingerprint density at radius 2 is 2.14 bits per heavy atom. The molecule has 0 aliphatic rings. The van der Waals surface area contributed by atoms with Crippen LogP contribution in [0.2, 0.25) is 0 Å². The number of hydrogen-bond acceptors (Lipinski definition) is 3. The molecule has 0 atom stereocenters. The van der Waals surface area contributed by atoms with Crippen LogP contribution in [0.1, 0.15) is 0 Å². The average molecular weight is 294 g/mol. The monoisotopic (exact) mass is 295 g/mol. The van der Waals surface area contributed by atoms with Gasteiger partial charge in [-0.15, -0.1) is 0 Å². The van der Waals surface area contributed by atoms with E-state index in [-0.39, 0.29) is 19.4 Å². The molecule has 0 aliphatic heterocycles. The van der Waals surface area contributed by atoms with Crippen molar-refractivity contribution in [3.8, 4) is 0 Å². The first-order chi connectivity index (χ1) is 6.47. The number of fused-ring (bicyclic) bond motifs is 1. The minimum atomic E-state index is -4.12. The van der Waals surface area contributed by atoms with Crippen LogP contribution in [-0.4, -0.2) is 32.5 Å². The summed E-state index contributed by atoms with van der Waals surface area (Å²) < 4.78 is 32.2. The molecule has 74 valence electrons. The van der Waals surface area contributed by atoms with Crippen molar-refractivity contribution in [2.24, 2.45) is 0 Å². The average Bonchev–Trinajstić information content (AvgIpc) is 2.41. The first kappa shape index (κ1) is 10.1. The maximum atomic E-state index is 10.8. The Hall–Kier alpha value is -0.461. The third-order valence-electron chi connectivity index (χ3n) is 1.69. The van der Waals surface area contributed by atoms with Crippen molar-refractivity contribution in [3.05, 3.63) is 21.7 Å². The number of aromatic amines is 1. The summed E-state index contributed by atoms with van der Waals surface area (Å²) in [6, 6.07) is 4.45. The van der Waals surface area contributed by atoms with Gasteiger partial charge in [0.15, 0.2) is 0 Å². The van der Waals surface area contributed by atoms with Crippen LogP contribution in [0.15, 0.2) is 23.1 Å². The van der Waals surface area contributed by atoms with E-state index in [0.717, 1.165) is 7.77 Å². The topological polar surface area (TPSA) is 70.2 Å². The molecule has 2 aromatic rings. The van der Waals surface area contributed by atoms with Gasteiger partial charge in [-0.2, -0.15) is 0 Å². The van der Waals surface area contributed by atoms with Gasteiger partial charge in [0.25, 0.3) is 0 Å². The zero-order valence-corrected chi connectivity index (χ0v) is 10.1. The molecule has 4 nitrogen and oxygen atoms in total. The van der Waals surface area contributed by atoms with E-state index in [0.29, 0.717) is 5.52 Å². The fourth-order valence-electron chi connectivity index (χ4n) is 1.09. The number of aromatic nitrogens is 1. The molecule has 0 radical (unpaired) electrons. The van der Waals surface area contributed by atoms with E-state index in [9.17, 15) is 8.42 Å². The zero-order valence-electron chi connectivity index (χ0n) is 6.72. The van der Waals surface area contributed by atoms with E-state index in [4.69, 9.17) is 16.8 Å². The van der Waals surface area contributed by atoms with Gasteiger partial charge in [0.1, 0.15) is 0 Å². The van der Waals surface area contributed by atoms with Gasteiger partial charge in [-0.1, -0.05) is 0 Å². The van der Waals surface area contributed by atoms with E-state index < -0.39 is 10.1 Å². The van der Waals surface area contributed by atoms with E-state index >= 15 is 0 Å². The fourth-order valence-corrected chi connectivity index (χ4v) is 3.68. The normalized spacial score (nSPS) is 12.1. The Balaban J connectivity index is 2.80. The second kappa shape index (κ2) is 3.29. The molecule has 0 bridgehead atoms. The fraction of sp³-hybridized carbons (Fsp3) is 0. The predicted molar refractivity (Wildman–Crippen MR) is 55.9 cm³/mol. The number of benzene rings is 1. The van der Waals surface area contributed by atoms with Crippen LogP contribution in [0, 0.1) is 3.51 Å². The number of rotatable bonds is 1. The number of H-pyrrole nitrogens is 1. The van der Waals surface area contributed by atoms with E-state index in [1.165, 1.54) is 12.1 Å². The SMILES string of the molecule is O=S(=O)(O)c1ccc2[se]c(=S)[nH]c2c1. The summed E-state index contributed by atoms with van der Waals surface area (Å²) in [6.45, 7) is 0. The van der Waals surface area contributed by atoms with Gasteiger partial charge < -0.3 is 0 Å². The molecule has 0 spiro atoms. The van der Waals surface area contributed by atoms with Gasteiger partial charge in [-0.25, -0.2) is 0 Å². The predicted octanol–water partition coefficient (Wildman–Crippen LogP) is 1.20. The molecule has 1 aromatic heterocycles. The first-order valence-electron chi connectivity index (χ1n) is 3.57. The van der Waals surface area contributed by atoms with Crippen molar-refractivity contribution >= 4 is 46.6 Å². The van der Waals surface area contributed by atoms with Gasteiger partial charge in [-0.05, 0) is 0 Å². The molecule has 1 aromatic carbocycles. The summed E-state index contributed by atoms with van der Waals surface area (Å²) in [6.07, 6.45) is 0. The maximum absolute atomic E-state index is 10.8. The number of nitrogens with one attached hydrogen (secondary N) is 1. The Morgan fingerprint density at radius 3 is 2.79 bits per heavy atom. The summed E-state index contributed by atoms with van der Waals surface area (Å²) in [4.78, 5) is 2.79. The summed E-state index contributed by atoms with van der Waals surface area (Å²) in [5.41, 5.74) is 0.685. The van der Waals surface area contributed by atoms with Crippen LogP contribution in [-0.2, 0) is 10.1 Å². The van der Waals surface area contributed by atoms with Crippen LogP contribution in [0.25, 0.3) is 9.78 Å². The second-order valence-corrected chi connectivity index (χ2v) is 7.27. The van der Waals surface area contributed by atoms with Crippen molar-refractivity contribution < 1.29 is 13.0 Å². The third kappa shape index (κ3) is 1.82. The van der Waals surface area contributed by atoms with Gasteiger partial charge >= 0.3 is 91.2 Å². The van der Waals surface area contributed by atoms with Crippen LogP contribution in [0.5, 0.6) is 0 Å². The standard InChI is InChI=1S/C7H5NO3S2Se/c9-13(10,11)4-1-2-6-5(3-4)8-7(12)14-6/h1-3H,(H,8,12)(H,9,10,11). The quantitative estimate of drug-likeness (QED) is 0.471. The van der Waals surface area contributed by atoms with E-state index in [1.807, 2.05) is 0 Å². The van der Waals surface area contributed by atoms with Crippen molar-refractivity contribution in [3.63, 3.8) is 0 Å². The summed E-state index contributed by atoms with van der Waals surface area (Å²) in [5.74, 6) is 0. The Labute approximate surface area is 91.1 Å². The zero-order chi connectivity index (χ0) is 10.3. The number of hydrogen-bond donors (Lipinski definition) is 2.